The van der Waals surface area contributed by atoms with E-state index in [4.69, 9.17) is 4.74 Å². The first-order chi connectivity index (χ1) is 18.7. The Labute approximate surface area is 230 Å². The molecule has 0 spiro atoms. The van der Waals surface area contributed by atoms with E-state index in [1.165, 1.54) is 29.5 Å². The van der Waals surface area contributed by atoms with Gasteiger partial charge < -0.3 is 19.5 Å². The molecule has 0 amide bonds. The molecule has 3 aromatic rings. The van der Waals surface area contributed by atoms with Crippen LogP contribution in [0.4, 0.5) is 13.2 Å². The van der Waals surface area contributed by atoms with Gasteiger partial charge in [0.1, 0.15) is 11.5 Å². The maximum atomic E-state index is 12.4. The number of pyridine rings is 1. The predicted octanol–water partition coefficient (Wildman–Crippen LogP) is 6.67. The molecule has 4 rings (SSSR count). The van der Waals surface area contributed by atoms with Crippen LogP contribution in [-0.2, 0) is 11.2 Å². The van der Waals surface area contributed by atoms with Gasteiger partial charge in [-0.1, -0.05) is 6.07 Å². The number of aryl methyl sites for hydroxylation is 1. The lowest BCUT2D eigenvalue weighted by Gasteiger charge is -2.36. The number of thioether (sulfide) groups is 1. The summed E-state index contributed by atoms with van der Waals surface area (Å²) in [7, 11) is 1.64. The third-order valence-corrected chi connectivity index (χ3v) is 8.22. The van der Waals surface area contributed by atoms with Crippen LogP contribution in [0.1, 0.15) is 31.2 Å². The van der Waals surface area contributed by atoms with Crippen LogP contribution in [-0.4, -0.2) is 59.8 Å². The van der Waals surface area contributed by atoms with Gasteiger partial charge in [-0.15, -0.1) is 24.9 Å². The van der Waals surface area contributed by atoms with Crippen LogP contribution < -0.4 is 9.47 Å². The number of ether oxygens (including phenoxy) is 2. The Bertz CT molecular complexity index is 1260. The average Bonchev–Trinajstić information content (AvgIpc) is 2.90. The first-order valence-electron chi connectivity index (χ1n) is 13.1. The molecule has 1 aliphatic heterocycles. The van der Waals surface area contributed by atoms with Crippen LogP contribution in [0, 0.1) is 11.8 Å². The molecule has 2 aromatic carbocycles. The monoisotopic (exact) mass is 562 g/mol. The Morgan fingerprint density at radius 3 is 2.77 bits per heavy atom. The number of aromatic nitrogens is 1. The van der Waals surface area contributed by atoms with Gasteiger partial charge in [0.2, 0.25) is 0 Å². The second-order valence-electron chi connectivity index (χ2n) is 9.76. The van der Waals surface area contributed by atoms with Gasteiger partial charge in [-0.3, -0.25) is 9.78 Å². The minimum Gasteiger partial charge on any atom is -0.497 e. The summed E-state index contributed by atoms with van der Waals surface area (Å²) >= 11 is 1.47. The molecule has 2 heterocycles. The van der Waals surface area contributed by atoms with E-state index in [2.05, 4.69) is 14.6 Å². The van der Waals surface area contributed by atoms with Gasteiger partial charge in [0.05, 0.1) is 18.5 Å². The number of fused-ring (bicyclic) bond motifs is 1. The molecule has 1 fully saturated rings. The van der Waals surface area contributed by atoms with Crippen LogP contribution in [0.15, 0.2) is 59.6 Å². The molecule has 1 aliphatic rings. The minimum atomic E-state index is -4.71. The van der Waals surface area contributed by atoms with Gasteiger partial charge in [-0.2, -0.15) is 0 Å². The summed E-state index contributed by atoms with van der Waals surface area (Å²) in [6, 6.07) is 13.8. The molecule has 210 valence electrons. The van der Waals surface area contributed by atoms with E-state index < -0.39 is 18.2 Å². The molecule has 39 heavy (non-hydrogen) atoms. The van der Waals surface area contributed by atoms with Crippen molar-refractivity contribution in [1.82, 2.24) is 9.88 Å². The number of methoxy groups -OCH3 is 1. The maximum absolute atomic E-state index is 12.4. The van der Waals surface area contributed by atoms with E-state index in [-0.39, 0.29) is 11.7 Å². The highest BCUT2D eigenvalue weighted by atomic mass is 32.2. The van der Waals surface area contributed by atoms with E-state index in [1.54, 1.807) is 19.2 Å². The van der Waals surface area contributed by atoms with Crippen LogP contribution in [0.5, 0.6) is 11.5 Å². The smallest absolute Gasteiger partial charge is 0.497 e. The van der Waals surface area contributed by atoms with Crippen molar-refractivity contribution in [3.8, 4) is 11.5 Å². The third-order valence-electron chi connectivity index (χ3n) is 7.14. The number of carboxylic acid groups (broad SMARTS) is 1. The lowest BCUT2D eigenvalue weighted by molar-refractivity contribution is -0.274. The number of halogens is 3. The Balaban J connectivity index is 1.23. The topological polar surface area (TPSA) is 71.9 Å². The zero-order chi connectivity index (χ0) is 27.8. The van der Waals surface area contributed by atoms with Crippen molar-refractivity contribution in [2.45, 2.75) is 43.4 Å². The number of benzene rings is 2. The van der Waals surface area contributed by atoms with E-state index in [1.807, 2.05) is 30.5 Å². The van der Waals surface area contributed by atoms with E-state index in [0.29, 0.717) is 11.4 Å². The lowest BCUT2D eigenvalue weighted by Crippen LogP contribution is -2.44. The molecule has 0 bridgehead atoms. The van der Waals surface area contributed by atoms with Crippen molar-refractivity contribution in [1.29, 1.82) is 0 Å². The number of carbonyl (C=O) groups is 1. The number of aliphatic carboxylic acids is 1. The second-order valence-corrected chi connectivity index (χ2v) is 10.9. The SMILES string of the molecule is COc1ccc2nccc(CCC[C@@H]3CCN(CCCSc4cccc(OC(F)(F)F)c4)C[C@@H]3C(=O)O)c2c1. The highest BCUT2D eigenvalue weighted by Crippen LogP contribution is 2.31. The summed E-state index contributed by atoms with van der Waals surface area (Å²) in [4.78, 5) is 19.4. The first kappa shape index (κ1) is 29.0. The highest BCUT2D eigenvalue weighted by Gasteiger charge is 2.34. The van der Waals surface area contributed by atoms with Crippen LogP contribution in [0.3, 0.4) is 0 Å². The summed E-state index contributed by atoms with van der Waals surface area (Å²) in [5, 5.41) is 11.0. The van der Waals surface area contributed by atoms with Gasteiger partial charge >= 0.3 is 12.3 Å². The number of piperidine rings is 1. The van der Waals surface area contributed by atoms with Gasteiger partial charge in [0.15, 0.2) is 0 Å². The quantitative estimate of drug-likeness (QED) is 0.195. The standard InChI is InChI=1S/C29H33F3N2O4S/c1-37-22-9-10-27-25(18-22)20(11-13-33-27)5-2-6-21-12-15-34(19-26(21)28(35)36)14-4-16-39-24-8-3-7-23(17-24)38-29(30,31)32/h3,7-11,13,17-18,21,26H,2,4-6,12,14-16,19H2,1H3,(H,35,36)/t21-,26+/m1/s1. The maximum Gasteiger partial charge on any atom is 0.573 e. The van der Waals surface area contributed by atoms with E-state index in [9.17, 15) is 23.1 Å². The van der Waals surface area contributed by atoms with E-state index >= 15 is 0 Å². The molecule has 1 N–H and O–H groups in total. The van der Waals surface area contributed by atoms with Crippen molar-refractivity contribution >= 4 is 28.6 Å². The molecule has 1 saturated heterocycles. The summed E-state index contributed by atoms with van der Waals surface area (Å²) < 4.78 is 46.7. The molecule has 0 aliphatic carbocycles. The Morgan fingerprint density at radius 1 is 1.15 bits per heavy atom. The number of rotatable bonds is 12. The van der Waals surface area contributed by atoms with Crippen molar-refractivity contribution in [2.24, 2.45) is 11.8 Å². The molecular weight excluding hydrogens is 529 g/mol. The van der Waals surface area contributed by atoms with Crippen molar-refractivity contribution in [3.05, 3.63) is 60.3 Å². The van der Waals surface area contributed by atoms with Gasteiger partial charge in [0.25, 0.3) is 0 Å². The number of nitrogens with zero attached hydrogens (tertiary/aromatic N) is 2. The second kappa shape index (κ2) is 13.4. The van der Waals surface area contributed by atoms with Gasteiger partial charge in [-0.25, -0.2) is 0 Å². The summed E-state index contributed by atoms with van der Waals surface area (Å²) in [6.45, 7) is 2.13. The number of hydrogen-bond donors (Lipinski definition) is 1. The molecule has 2 atom stereocenters. The number of carboxylic acids is 1. The summed E-state index contributed by atoms with van der Waals surface area (Å²) in [6.07, 6.45) is 1.36. The molecular formula is C29H33F3N2O4S. The van der Waals surface area contributed by atoms with Gasteiger partial charge in [0, 0.05) is 23.0 Å². The molecule has 10 heteroatoms. The van der Waals surface area contributed by atoms with Crippen molar-refractivity contribution in [2.75, 3.05) is 32.5 Å². The van der Waals surface area contributed by atoms with E-state index in [0.717, 1.165) is 67.6 Å². The third kappa shape index (κ3) is 8.50. The number of hydrogen-bond acceptors (Lipinski definition) is 6. The first-order valence-corrected chi connectivity index (χ1v) is 14.1. The van der Waals surface area contributed by atoms with Crippen LogP contribution >= 0.6 is 11.8 Å². The number of alkyl halides is 3. The van der Waals surface area contributed by atoms with Crippen LogP contribution in [0.2, 0.25) is 0 Å². The Kier molecular flexibility index (Phi) is 9.96. The predicted molar refractivity (Wildman–Crippen MR) is 145 cm³/mol. The normalized spacial score (nSPS) is 18.3. The van der Waals surface area contributed by atoms with Gasteiger partial charge in [-0.05, 0) is 105 Å². The number of likely N-dealkylation sites (tertiary alicyclic amines) is 1. The zero-order valence-electron chi connectivity index (χ0n) is 21.8. The highest BCUT2D eigenvalue weighted by molar-refractivity contribution is 7.99. The minimum absolute atomic E-state index is 0.132. The summed E-state index contributed by atoms with van der Waals surface area (Å²) in [5.74, 6) is 0.259. The fourth-order valence-electron chi connectivity index (χ4n) is 5.22. The fraction of sp³-hybridized carbons (Fsp3) is 0.448. The largest absolute Gasteiger partial charge is 0.573 e. The van der Waals surface area contributed by atoms with Crippen LogP contribution in [0.25, 0.3) is 10.9 Å². The molecule has 1 aromatic heterocycles. The molecule has 0 radical (unpaired) electrons. The Morgan fingerprint density at radius 2 is 2.00 bits per heavy atom. The average molecular weight is 563 g/mol. The Hall–Kier alpha value is -2.98. The fourth-order valence-corrected chi connectivity index (χ4v) is 6.10. The lowest BCUT2D eigenvalue weighted by atomic mass is 9.81. The summed E-state index contributed by atoms with van der Waals surface area (Å²) in [5.41, 5.74) is 2.11. The molecule has 0 unspecified atom stereocenters. The zero-order valence-corrected chi connectivity index (χ0v) is 22.6. The van der Waals surface area contributed by atoms with Crippen molar-refractivity contribution in [3.63, 3.8) is 0 Å². The molecule has 0 saturated carbocycles. The molecule has 6 nitrogen and oxygen atoms in total. The van der Waals surface area contributed by atoms with Crippen molar-refractivity contribution < 1.29 is 32.5 Å².